The van der Waals surface area contributed by atoms with E-state index in [1.807, 2.05) is 20.8 Å². The van der Waals surface area contributed by atoms with Crippen molar-refractivity contribution in [2.75, 3.05) is 7.11 Å². The molecule has 0 saturated heterocycles. The van der Waals surface area contributed by atoms with Crippen LogP contribution in [0.4, 0.5) is 0 Å². The van der Waals surface area contributed by atoms with Crippen LogP contribution in [0.2, 0.25) is 0 Å². The van der Waals surface area contributed by atoms with Crippen molar-refractivity contribution in [1.29, 1.82) is 0 Å². The van der Waals surface area contributed by atoms with Gasteiger partial charge in [0.2, 0.25) is 0 Å². The van der Waals surface area contributed by atoms with Gasteiger partial charge in [-0.15, -0.1) is 0 Å². The van der Waals surface area contributed by atoms with Gasteiger partial charge in [-0.05, 0) is 52.6 Å². The fourth-order valence-corrected chi connectivity index (χ4v) is 0. The van der Waals surface area contributed by atoms with Crippen molar-refractivity contribution in [2.45, 2.75) is 26.4 Å². The van der Waals surface area contributed by atoms with E-state index in [9.17, 15) is 0 Å². The van der Waals surface area contributed by atoms with E-state index < -0.39 is 0 Å². The molecule has 0 aliphatic heterocycles. The summed E-state index contributed by atoms with van der Waals surface area (Å²) in [5, 5.41) is 10.3. The van der Waals surface area contributed by atoms with Crippen LogP contribution in [-0.4, -0.2) is 21.4 Å². The van der Waals surface area contributed by atoms with Gasteiger partial charge in [0.15, 0.2) is 3.53 Å². The lowest BCUT2D eigenvalue weighted by Crippen LogP contribution is -2.15. The van der Waals surface area contributed by atoms with Crippen LogP contribution in [0, 0.1) is 0 Å². The van der Waals surface area contributed by atoms with Crippen LogP contribution in [0.3, 0.4) is 0 Å². The molecule has 0 heterocycles. The van der Waals surface area contributed by atoms with Crippen LogP contribution in [0.5, 0.6) is 0 Å². The number of ether oxygens (including phenoxy) is 1. The molecule has 5 heteroatoms. The van der Waals surface area contributed by atoms with E-state index in [1.165, 1.54) is 0 Å². The number of halogens is 2. The maximum absolute atomic E-state index is 7.64. The summed E-state index contributed by atoms with van der Waals surface area (Å²) in [6, 6.07) is 0. The van der Waals surface area contributed by atoms with E-state index >= 15 is 0 Å². The Kier molecular flexibility index (Phi) is 8.95. The van der Waals surface area contributed by atoms with E-state index in [4.69, 9.17) is 9.94 Å². The molecule has 11 heavy (non-hydrogen) atoms. The second-order valence-corrected chi connectivity index (χ2v) is 5.22. The Morgan fingerprint density at radius 2 is 1.55 bits per heavy atom. The van der Waals surface area contributed by atoms with E-state index in [0.29, 0.717) is 3.53 Å². The molecule has 0 atom stereocenters. The van der Waals surface area contributed by atoms with Gasteiger partial charge in [0.25, 0.3) is 0 Å². The molecule has 0 saturated carbocycles. The van der Waals surface area contributed by atoms with Crippen LogP contribution >= 0.6 is 31.9 Å². The Morgan fingerprint density at radius 3 is 1.55 bits per heavy atom. The highest BCUT2D eigenvalue weighted by atomic mass is 79.9. The van der Waals surface area contributed by atoms with Crippen LogP contribution in [0.25, 0.3) is 0 Å². The number of hydrogen-bond donors (Lipinski definition) is 1. The third-order valence-electron chi connectivity index (χ3n) is 0.688. The third kappa shape index (κ3) is 25.2. The van der Waals surface area contributed by atoms with Crippen molar-refractivity contribution in [2.24, 2.45) is 5.16 Å². The molecule has 0 bridgehead atoms. The van der Waals surface area contributed by atoms with E-state index in [1.54, 1.807) is 7.11 Å². The van der Waals surface area contributed by atoms with Crippen molar-refractivity contribution in [3.63, 3.8) is 0 Å². The lowest BCUT2D eigenvalue weighted by molar-refractivity contribution is 0.0397. The van der Waals surface area contributed by atoms with E-state index in [2.05, 4.69) is 37.0 Å². The Morgan fingerprint density at radius 1 is 1.36 bits per heavy atom. The minimum Gasteiger partial charge on any atom is -0.410 e. The van der Waals surface area contributed by atoms with Crippen molar-refractivity contribution in [1.82, 2.24) is 0 Å². The Balaban J connectivity index is 0. The quantitative estimate of drug-likeness (QED) is 0.423. The SMILES string of the molecule is COC(C)(C)C.ON=C(Br)Br. The molecule has 0 radical (unpaired) electrons. The molecular formula is C6H13Br2NO2. The minimum atomic E-state index is 0.0417. The monoisotopic (exact) mass is 289 g/mol. The van der Waals surface area contributed by atoms with Crippen molar-refractivity contribution < 1.29 is 9.94 Å². The average Bonchev–Trinajstić information content (AvgIpc) is 1.88. The van der Waals surface area contributed by atoms with Crippen molar-refractivity contribution >= 4 is 35.4 Å². The zero-order valence-corrected chi connectivity index (χ0v) is 10.2. The third-order valence-corrected chi connectivity index (χ3v) is 1.01. The second kappa shape index (κ2) is 7.06. The first-order valence-electron chi connectivity index (χ1n) is 2.91. The summed E-state index contributed by atoms with van der Waals surface area (Å²) < 4.78 is 5.25. The molecule has 68 valence electrons. The largest absolute Gasteiger partial charge is 0.410 e. The fourth-order valence-electron chi connectivity index (χ4n) is 0. The van der Waals surface area contributed by atoms with Gasteiger partial charge in [-0.1, -0.05) is 5.16 Å². The minimum absolute atomic E-state index is 0.0417. The van der Waals surface area contributed by atoms with Crippen molar-refractivity contribution in [3.05, 3.63) is 0 Å². The predicted molar refractivity (Wildman–Crippen MR) is 53.8 cm³/mol. The molecule has 0 aromatic heterocycles. The molecule has 0 aliphatic carbocycles. The highest BCUT2D eigenvalue weighted by molar-refractivity contribution is 9.39. The molecular weight excluding hydrogens is 278 g/mol. The molecule has 0 aromatic rings. The number of nitrogens with zero attached hydrogens (tertiary/aromatic N) is 1. The smallest absolute Gasteiger partial charge is 0.187 e. The van der Waals surface area contributed by atoms with Crippen LogP contribution < -0.4 is 0 Å². The van der Waals surface area contributed by atoms with Gasteiger partial charge in [0.05, 0.1) is 5.60 Å². The first kappa shape index (κ1) is 13.9. The molecule has 0 amide bonds. The summed E-state index contributed by atoms with van der Waals surface area (Å²) >= 11 is 5.58. The van der Waals surface area contributed by atoms with Crippen LogP contribution in [0.15, 0.2) is 5.16 Å². The molecule has 0 rings (SSSR count). The predicted octanol–water partition coefficient (Wildman–Crippen LogP) is 2.95. The highest BCUT2D eigenvalue weighted by Crippen LogP contribution is 2.02. The maximum Gasteiger partial charge on any atom is 0.187 e. The molecule has 0 unspecified atom stereocenters. The zero-order chi connectivity index (χ0) is 9.49. The Bertz CT molecular complexity index is 116. The van der Waals surface area contributed by atoms with Gasteiger partial charge >= 0.3 is 0 Å². The topological polar surface area (TPSA) is 41.8 Å². The number of hydrogen-bond acceptors (Lipinski definition) is 3. The summed E-state index contributed by atoms with van der Waals surface area (Å²) in [5.74, 6) is 0. The lowest BCUT2D eigenvalue weighted by Gasteiger charge is -2.14. The molecule has 3 nitrogen and oxygen atoms in total. The average molecular weight is 291 g/mol. The lowest BCUT2D eigenvalue weighted by atomic mass is 10.2. The summed E-state index contributed by atoms with van der Waals surface area (Å²) in [6.45, 7) is 6.06. The summed E-state index contributed by atoms with van der Waals surface area (Å²) in [5.41, 5.74) is 0.0417. The Hall–Kier alpha value is 0.390. The normalized spacial score (nSPS) is 9.64. The zero-order valence-electron chi connectivity index (χ0n) is 7.06. The van der Waals surface area contributed by atoms with Gasteiger partial charge in [0.1, 0.15) is 0 Å². The van der Waals surface area contributed by atoms with Gasteiger partial charge in [-0.25, -0.2) is 0 Å². The van der Waals surface area contributed by atoms with Gasteiger partial charge in [0, 0.05) is 7.11 Å². The molecule has 0 aliphatic rings. The van der Waals surface area contributed by atoms with Crippen LogP contribution in [-0.2, 0) is 4.74 Å². The van der Waals surface area contributed by atoms with E-state index in [-0.39, 0.29) is 5.60 Å². The van der Waals surface area contributed by atoms with Gasteiger partial charge < -0.3 is 9.94 Å². The molecule has 0 aromatic carbocycles. The Labute approximate surface area is 84.1 Å². The number of rotatable bonds is 0. The van der Waals surface area contributed by atoms with Crippen LogP contribution in [0.1, 0.15) is 20.8 Å². The van der Waals surface area contributed by atoms with E-state index in [0.717, 1.165) is 0 Å². The number of oxime groups is 1. The summed E-state index contributed by atoms with van der Waals surface area (Å²) in [4.78, 5) is 0. The first-order valence-corrected chi connectivity index (χ1v) is 4.50. The standard InChI is InChI=1S/C5H12O.CHBr2NO/c1-5(2,3)6-4;2-1(3)4-5/h1-4H3;5H. The van der Waals surface area contributed by atoms with Gasteiger partial charge in [-0.2, -0.15) is 0 Å². The highest BCUT2D eigenvalue weighted by Gasteiger charge is 2.03. The molecule has 0 spiro atoms. The second-order valence-electron chi connectivity index (χ2n) is 2.66. The number of methoxy groups -OCH3 is 1. The first-order chi connectivity index (χ1) is 4.83. The van der Waals surface area contributed by atoms with Gasteiger partial charge in [-0.3, -0.25) is 0 Å². The summed E-state index contributed by atoms with van der Waals surface area (Å²) in [7, 11) is 1.71. The summed E-state index contributed by atoms with van der Waals surface area (Å²) in [6.07, 6.45) is 0. The maximum atomic E-state index is 7.64. The molecule has 0 fully saturated rings. The van der Waals surface area contributed by atoms with Crippen molar-refractivity contribution in [3.8, 4) is 0 Å². The fraction of sp³-hybridized carbons (Fsp3) is 0.833. The molecule has 1 N–H and O–H groups in total.